The first-order valence-corrected chi connectivity index (χ1v) is 7.94. The Bertz CT molecular complexity index is 727. The second-order valence-corrected chi connectivity index (χ2v) is 6.70. The first-order valence-electron chi connectivity index (χ1n) is 6.77. The Labute approximate surface area is 135 Å². The van der Waals surface area contributed by atoms with Crippen LogP contribution in [0, 0.1) is 5.92 Å². The van der Waals surface area contributed by atoms with Crippen LogP contribution in [-0.2, 0) is 12.8 Å². The molecule has 0 aliphatic heterocycles. The topological polar surface area (TPSA) is 55.1 Å². The minimum absolute atomic E-state index is 0.163. The van der Waals surface area contributed by atoms with Crippen molar-refractivity contribution in [3.05, 3.63) is 44.6 Å². The van der Waals surface area contributed by atoms with Crippen molar-refractivity contribution in [2.75, 3.05) is 0 Å². The van der Waals surface area contributed by atoms with E-state index in [0.717, 1.165) is 40.7 Å². The molecule has 1 aromatic heterocycles. The van der Waals surface area contributed by atoms with Crippen molar-refractivity contribution in [1.29, 1.82) is 0 Å². The molecule has 1 heterocycles. The van der Waals surface area contributed by atoms with Crippen LogP contribution in [0.3, 0.4) is 0 Å². The van der Waals surface area contributed by atoms with Gasteiger partial charge in [-0.3, -0.25) is 0 Å². The minimum atomic E-state index is -0.970. The molecule has 1 atom stereocenters. The summed E-state index contributed by atoms with van der Waals surface area (Å²) in [6.07, 6.45) is 2.65. The van der Waals surface area contributed by atoms with E-state index in [1.54, 1.807) is 10.7 Å². The molecule has 6 heteroatoms. The van der Waals surface area contributed by atoms with Crippen molar-refractivity contribution in [3.8, 4) is 5.69 Å². The fourth-order valence-electron chi connectivity index (χ4n) is 2.79. The van der Waals surface area contributed by atoms with E-state index in [1.807, 2.05) is 12.1 Å². The largest absolute Gasteiger partial charge is 0.476 e. The second-order valence-electron chi connectivity index (χ2n) is 5.44. The Hall–Kier alpha value is -1.33. The number of benzene rings is 1. The summed E-state index contributed by atoms with van der Waals surface area (Å²) >= 11 is 9.49. The van der Waals surface area contributed by atoms with Crippen LogP contribution < -0.4 is 0 Å². The highest BCUT2D eigenvalue weighted by Gasteiger charge is 2.28. The zero-order valence-electron chi connectivity index (χ0n) is 11.4. The second kappa shape index (κ2) is 5.46. The Morgan fingerprint density at radius 3 is 2.95 bits per heavy atom. The van der Waals surface area contributed by atoms with E-state index in [9.17, 15) is 9.90 Å². The summed E-state index contributed by atoms with van der Waals surface area (Å²) < 4.78 is 2.53. The molecule has 0 saturated heterocycles. The Kier molecular flexibility index (Phi) is 3.80. The predicted octanol–water partition coefficient (Wildman–Crippen LogP) is 4.11. The maximum atomic E-state index is 11.4. The van der Waals surface area contributed by atoms with Crippen molar-refractivity contribution >= 4 is 33.5 Å². The van der Waals surface area contributed by atoms with Gasteiger partial charge < -0.3 is 5.11 Å². The molecule has 4 nitrogen and oxygen atoms in total. The molecule has 2 aromatic rings. The normalized spacial score (nSPS) is 17.6. The summed E-state index contributed by atoms with van der Waals surface area (Å²) in [6.45, 7) is 2.14. The molecule has 1 aliphatic carbocycles. The fraction of sp³-hybridized carbons (Fsp3) is 0.333. The predicted molar refractivity (Wildman–Crippen MR) is 84.4 cm³/mol. The van der Waals surface area contributed by atoms with Crippen molar-refractivity contribution in [2.45, 2.75) is 26.2 Å². The summed E-state index contributed by atoms with van der Waals surface area (Å²) in [6, 6.07) is 5.52. The third kappa shape index (κ3) is 2.60. The molecule has 110 valence electrons. The highest BCUT2D eigenvalue weighted by atomic mass is 79.9. The first-order chi connectivity index (χ1) is 9.97. The molecule has 0 spiro atoms. The maximum Gasteiger partial charge on any atom is 0.356 e. The van der Waals surface area contributed by atoms with Gasteiger partial charge in [0.2, 0.25) is 0 Å². The number of carboxylic acid groups (broad SMARTS) is 1. The average Bonchev–Trinajstić information content (AvgIpc) is 2.80. The van der Waals surface area contributed by atoms with Crippen molar-refractivity contribution in [3.63, 3.8) is 0 Å². The van der Waals surface area contributed by atoms with Crippen LogP contribution in [0.4, 0.5) is 0 Å². The summed E-state index contributed by atoms with van der Waals surface area (Å²) in [5, 5.41) is 14.3. The summed E-state index contributed by atoms with van der Waals surface area (Å²) in [4.78, 5) is 11.4. The first kappa shape index (κ1) is 14.6. The van der Waals surface area contributed by atoms with E-state index in [-0.39, 0.29) is 5.69 Å². The number of carbonyl (C=O) groups is 1. The van der Waals surface area contributed by atoms with E-state index >= 15 is 0 Å². The van der Waals surface area contributed by atoms with Crippen molar-refractivity contribution < 1.29 is 9.90 Å². The van der Waals surface area contributed by atoms with Crippen LogP contribution in [0.5, 0.6) is 0 Å². The number of halogens is 2. The number of fused-ring (bicyclic) bond motifs is 1. The highest BCUT2D eigenvalue weighted by Crippen LogP contribution is 2.31. The van der Waals surface area contributed by atoms with Crippen LogP contribution in [0.15, 0.2) is 22.7 Å². The van der Waals surface area contributed by atoms with Crippen LogP contribution in [-0.4, -0.2) is 20.9 Å². The molecule has 0 fully saturated rings. The molecule has 1 N–H and O–H groups in total. The molecular formula is C15H14BrClN2O2. The van der Waals surface area contributed by atoms with Crippen LogP contribution in [0.1, 0.15) is 35.1 Å². The summed E-state index contributed by atoms with van der Waals surface area (Å²) in [5.74, 6) is -0.482. The Morgan fingerprint density at radius 1 is 1.52 bits per heavy atom. The average molecular weight is 370 g/mol. The van der Waals surface area contributed by atoms with Gasteiger partial charge in [-0.25, -0.2) is 9.48 Å². The van der Waals surface area contributed by atoms with Gasteiger partial charge in [-0.05, 0) is 59.3 Å². The Morgan fingerprint density at radius 2 is 2.29 bits per heavy atom. The number of hydrogen-bond acceptors (Lipinski definition) is 2. The van der Waals surface area contributed by atoms with Crippen LogP contribution in [0.25, 0.3) is 5.69 Å². The monoisotopic (exact) mass is 368 g/mol. The molecule has 1 aromatic carbocycles. The molecule has 3 rings (SSSR count). The molecular weight excluding hydrogens is 356 g/mol. The lowest BCUT2D eigenvalue weighted by Gasteiger charge is -2.19. The maximum absolute atomic E-state index is 11.4. The molecule has 21 heavy (non-hydrogen) atoms. The van der Waals surface area contributed by atoms with E-state index < -0.39 is 5.97 Å². The van der Waals surface area contributed by atoms with Crippen LogP contribution in [0.2, 0.25) is 5.02 Å². The van der Waals surface area contributed by atoms with Gasteiger partial charge in [-0.15, -0.1) is 0 Å². The van der Waals surface area contributed by atoms with E-state index in [2.05, 4.69) is 28.0 Å². The summed E-state index contributed by atoms with van der Waals surface area (Å²) in [7, 11) is 0. The van der Waals surface area contributed by atoms with Gasteiger partial charge in [0.25, 0.3) is 0 Å². The summed E-state index contributed by atoms with van der Waals surface area (Å²) in [5.41, 5.74) is 2.81. The number of aromatic nitrogens is 2. The van der Waals surface area contributed by atoms with Gasteiger partial charge in [0, 0.05) is 15.7 Å². The quantitative estimate of drug-likeness (QED) is 0.866. The zero-order chi connectivity index (χ0) is 15.1. The van der Waals surface area contributed by atoms with Gasteiger partial charge in [0.1, 0.15) is 0 Å². The van der Waals surface area contributed by atoms with E-state index in [1.165, 1.54) is 0 Å². The van der Waals surface area contributed by atoms with Crippen LogP contribution >= 0.6 is 27.5 Å². The molecule has 0 amide bonds. The molecule has 0 saturated carbocycles. The number of aromatic carboxylic acids is 1. The highest BCUT2D eigenvalue weighted by molar-refractivity contribution is 9.10. The minimum Gasteiger partial charge on any atom is -0.476 e. The number of nitrogens with zero attached hydrogens (tertiary/aromatic N) is 2. The molecule has 0 bridgehead atoms. The number of carboxylic acids is 1. The van der Waals surface area contributed by atoms with Gasteiger partial charge in [0.05, 0.1) is 10.7 Å². The van der Waals surface area contributed by atoms with Gasteiger partial charge in [0.15, 0.2) is 5.69 Å². The van der Waals surface area contributed by atoms with Gasteiger partial charge in [-0.1, -0.05) is 18.5 Å². The fourth-order valence-corrected chi connectivity index (χ4v) is 3.21. The van der Waals surface area contributed by atoms with E-state index in [4.69, 9.17) is 11.6 Å². The van der Waals surface area contributed by atoms with Gasteiger partial charge in [-0.2, -0.15) is 5.10 Å². The smallest absolute Gasteiger partial charge is 0.356 e. The van der Waals surface area contributed by atoms with Crippen molar-refractivity contribution in [2.24, 2.45) is 5.92 Å². The Balaban J connectivity index is 2.17. The third-order valence-corrected chi connectivity index (χ3v) is 5.10. The standard InChI is InChI=1S/C15H14BrClN2O2/c1-8-2-5-13-10(6-8)14(15(20)21)18-19(13)9-3-4-11(16)12(17)7-9/h3-4,7-8H,2,5-6H2,1H3,(H,20,21). The lowest BCUT2D eigenvalue weighted by atomic mass is 9.87. The lowest BCUT2D eigenvalue weighted by Crippen LogP contribution is -2.14. The zero-order valence-corrected chi connectivity index (χ0v) is 13.8. The van der Waals surface area contributed by atoms with Gasteiger partial charge >= 0.3 is 5.97 Å². The lowest BCUT2D eigenvalue weighted by molar-refractivity contribution is 0.0688. The third-order valence-electron chi connectivity index (χ3n) is 3.87. The number of hydrogen-bond donors (Lipinski definition) is 1. The molecule has 1 unspecified atom stereocenters. The van der Waals surface area contributed by atoms with Crippen molar-refractivity contribution in [1.82, 2.24) is 9.78 Å². The molecule has 1 aliphatic rings. The molecule has 0 radical (unpaired) electrons. The number of rotatable bonds is 2. The van der Waals surface area contributed by atoms with E-state index in [0.29, 0.717) is 10.9 Å². The SMILES string of the molecule is CC1CCc2c(c(C(=O)O)nn2-c2ccc(Br)c(Cl)c2)C1.